The maximum Gasteiger partial charge on any atom is 0.407 e. The summed E-state index contributed by atoms with van der Waals surface area (Å²) >= 11 is 1.60. The Morgan fingerprint density at radius 1 is 1.31 bits per heavy atom. The molecule has 142 valence electrons. The molecule has 0 unspecified atom stereocenters. The summed E-state index contributed by atoms with van der Waals surface area (Å²) in [5.41, 5.74) is 4.27. The first-order valence-corrected chi connectivity index (χ1v) is 9.46. The van der Waals surface area contributed by atoms with E-state index < -0.39 is 11.7 Å². The predicted octanol–water partition coefficient (Wildman–Crippen LogP) is 3.74. The summed E-state index contributed by atoms with van der Waals surface area (Å²) in [4.78, 5) is 17.3. The second-order valence-electron chi connectivity index (χ2n) is 6.90. The molecule has 6 nitrogen and oxygen atoms in total. The number of benzene rings is 1. The quantitative estimate of drug-likeness (QED) is 0.719. The molecule has 0 bridgehead atoms. The Labute approximate surface area is 158 Å². The molecule has 2 aromatic rings. The summed E-state index contributed by atoms with van der Waals surface area (Å²) in [5.74, 6) is 0.751. The third-order valence-corrected chi connectivity index (χ3v) is 4.48. The van der Waals surface area contributed by atoms with E-state index >= 15 is 0 Å². The number of nitrogens with zero attached hydrogens (tertiary/aromatic N) is 1. The van der Waals surface area contributed by atoms with Crippen LogP contribution >= 0.6 is 11.3 Å². The van der Waals surface area contributed by atoms with Crippen molar-refractivity contribution in [2.24, 2.45) is 0 Å². The van der Waals surface area contributed by atoms with Crippen molar-refractivity contribution in [2.45, 2.75) is 39.8 Å². The first kappa shape index (κ1) is 20.2. The number of rotatable bonds is 7. The Bertz CT molecular complexity index is 738. The van der Waals surface area contributed by atoms with Gasteiger partial charge in [0.15, 0.2) is 0 Å². The molecule has 0 fully saturated rings. The van der Waals surface area contributed by atoms with Gasteiger partial charge in [-0.3, -0.25) is 0 Å². The molecule has 0 saturated carbocycles. The number of nitrogens with one attached hydrogen (secondary N) is 2. The molecule has 2 rings (SSSR count). The minimum atomic E-state index is -0.524. The zero-order chi connectivity index (χ0) is 19.2. The van der Waals surface area contributed by atoms with E-state index in [2.05, 4.69) is 15.6 Å². The van der Waals surface area contributed by atoms with E-state index in [0.717, 1.165) is 34.0 Å². The number of aryl methyl sites for hydroxylation is 1. The highest BCUT2D eigenvalue weighted by Gasteiger charge is 2.17. The Morgan fingerprint density at radius 3 is 2.69 bits per heavy atom. The van der Waals surface area contributed by atoms with Gasteiger partial charge in [-0.25, -0.2) is 9.78 Å². The summed E-state index contributed by atoms with van der Waals surface area (Å²) in [5, 5.41) is 5.85. The maximum atomic E-state index is 11.9. The molecule has 2 N–H and O–H groups in total. The number of ether oxygens (including phenoxy) is 2. The minimum Gasteiger partial charge on any atom is -0.492 e. The molecule has 0 atom stereocenters. The molecule has 1 heterocycles. The van der Waals surface area contributed by atoms with Gasteiger partial charge in [-0.05, 0) is 46.4 Å². The highest BCUT2D eigenvalue weighted by atomic mass is 32.1. The molecule has 7 heteroatoms. The number of carbonyl (C=O) groups excluding carboxylic acids is 1. The summed E-state index contributed by atoms with van der Waals surface area (Å²) in [7, 11) is 1.88. The lowest BCUT2D eigenvalue weighted by atomic mass is 10.1. The van der Waals surface area contributed by atoms with Gasteiger partial charge in [-0.15, -0.1) is 11.3 Å². The van der Waals surface area contributed by atoms with Crippen LogP contribution in [0, 0.1) is 6.92 Å². The van der Waals surface area contributed by atoms with Gasteiger partial charge in [0, 0.05) is 18.7 Å². The first-order chi connectivity index (χ1) is 12.3. The Balaban J connectivity index is 2.16. The normalized spacial score (nSPS) is 11.3. The maximum absolute atomic E-state index is 11.9. The average molecular weight is 378 g/mol. The topological polar surface area (TPSA) is 72.5 Å². The standard InChI is InChI=1S/C19H27N3O3S/c1-13-17(26-12-22-13)14-6-7-15(16(10-14)24-9-8-20-5)11-21-18(23)25-19(2,3)4/h6-7,10,12,20H,8-9,11H2,1-5H3,(H,21,23). The van der Waals surface area contributed by atoms with E-state index in [-0.39, 0.29) is 0 Å². The van der Waals surface area contributed by atoms with Gasteiger partial charge < -0.3 is 20.1 Å². The second kappa shape index (κ2) is 9.00. The smallest absolute Gasteiger partial charge is 0.407 e. The minimum absolute atomic E-state index is 0.339. The number of alkyl carbamates (subject to hydrolysis) is 1. The number of hydrogen-bond donors (Lipinski definition) is 2. The molecular weight excluding hydrogens is 350 g/mol. The van der Waals surface area contributed by atoms with Crippen LogP contribution in [0.2, 0.25) is 0 Å². The van der Waals surface area contributed by atoms with Crippen molar-refractivity contribution in [2.75, 3.05) is 20.2 Å². The van der Waals surface area contributed by atoms with E-state index in [1.807, 2.05) is 58.5 Å². The zero-order valence-electron chi connectivity index (χ0n) is 16.0. The number of thiazole rings is 1. The molecule has 0 aliphatic heterocycles. The highest BCUT2D eigenvalue weighted by Crippen LogP contribution is 2.32. The van der Waals surface area contributed by atoms with Crippen LogP contribution in [-0.2, 0) is 11.3 Å². The number of amides is 1. The fourth-order valence-electron chi connectivity index (χ4n) is 2.30. The molecule has 26 heavy (non-hydrogen) atoms. The van der Waals surface area contributed by atoms with Crippen LogP contribution in [0.15, 0.2) is 23.7 Å². The molecule has 1 amide bonds. The van der Waals surface area contributed by atoms with Crippen molar-refractivity contribution in [1.29, 1.82) is 0 Å². The molecule has 0 spiro atoms. The van der Waals surface area contributed by atoms with Gasteiger partial charge in [0.2, 0.25) is 0 Å². The van der Waals surface area contributed by atoms with E-state index in [0.29, 0.717) is 13.2 Å². The SMILES string of the molecule is CNCCOc1cc(-c2scnc2C)ccc1CNC(=O)OC(C)(C)C. The predicted molar refractivity (Wildman–Crippen MR) is 105 cm³/mol. The van der Waals surface area contributed by atoms with Crippen molar-refractivity contribution in [3.8, 4) is 16.2 Å². The van der Waals surface area contributed by atoms with Gasteiger partial charge in [-0.2, -0.15) is 0 Å². The lowest BCUT2D eigenvalue weighted by Gasteiger charge is -2.20. The molecule has 0 aliphatic carbocycles. The van der Waals surface area contributed by atoms with Crippen LogP contribution in [0.3, 0.4) is 0 Å². The Hall–Kier alpha value is -2.12. The van der Waals surface area contributed by atoms with Crippen LogP contribution in [0.5, 0.6) is 5.75 Å². The molecule has 1 aromatic heterocycles. The molecule has 0 radical (unpaired) electrons. The fraction of sp³-hybridized carbons (Fsp3) is 0.474. The van der Waals surface area contributed by atoms with Crippen molar-refractivity contribution in [3.63, 3.8) is 0 Å². The Morgan fingerprint density at radius 2 is 2.08 bits per heavy atom. The van der Waals surface area contributed by atoms with Gasteiger partial charge >= 0.3 is 6.09 Å². The average Bonchev–Trinajstić information content (AvgIpc) is 2.98. The van der Waals surface area contributed by atoms with Gasteiger partial charge in [0.1, 0.15) is 18.0 Å². The molecular formula is C19H27N3O3S. The van der Waals surface area contributed by atoms with Crippen LogP contribution in [-0.4, -0.2) is 36.9 Å². The molecule has 0 saturated heterocycles. The van der Waals surface area contributed by atoms with E-state index in [1.165, 1.54) is 0 Å². The van der Waals surface area contributed by atoms with E-state index in [1.54, 1.807) is 11.3 Å². The van der Waals surface area contributed by atoms with Crippen molar-refractivity contribution in [1.82, 2.24) is 15.6 Å². The van der Waals surface area contributed by atoms with Gasteiger partial charge in [0.25, 0.3) is 0 Å². The van der Waals surface area contributed by atoms with Crippen molar-refractivity contribution < 1.29 is 14.3 Å². The van der Waals surface area contributed by atoms with Crippen LogP contribution in [0.1, 0.15) is 32.0 Å². The van der Waals surface area contributed by atoms with E-state index in [9.17, 15) is 4.79 Å². The number of carbonyl (C=O) groups is 1. The fourth-order valence-corrected chi connectivity index (χ4v) is 3.10. The van der Waals surface area contributed by atoms with Crippen LogP contribution in [0.4, 0.5) is 4.79 Å². The lowest BCUT2D eigenvalue weighted by Crippen LogP contribution is -2.32. The third-order valence-electron chi connectivity index (χ3n) is 3.51. The monoisotopic (exact) mass is 377 g/mol. The molecule has 1 aromatic carbocycles. The highest BCUT2D eigenvalue weighted by molar-refractivity contribution is 7.13. The summed E-state index contributed by atoms with van der Waals surface area (Å²) < 4.78 is 11.2. The molecule has 0 aliphatic rings. The summed E-state index contributed by atoms with van der Waals surface area (Å²) in [6.45, 7) is 9.13. The van der Waals surface area contributed by atoms with Crippen molar-refractivity contribution in [3.05, 3.63) is 35.0 Å². The van der Waals surface area contributed by atoms with E-state index in [4.69, 9.17) is 9.47 Å². The second-order valence-corrected chi connectivity index (χ2v) is 7.75. The number of likely N-dealkylation sites (N-methyl/N-ethyl adjacent to an activating group) is 1. The van der Waals surface area contributed by atoms with Crippen LogP contribution < -0.4 is 15.4 Å². The van der Waals surface area contributed by atoms with Gasteiger partial charge in [-0.1, -0.05) is 12.1 Å². The first-order valence-electron chi connectivity index (χ1n) is 8.58. The zero-order valence-corrected chi connectivity index (χ0v) is 16.8. The third kappa shape index (κ3) is 6.00. The van der Waals surface area contributed by atoms with Gasteiger partial charge in [0.05, 0.1) is 16.1 Å². The number of hydrogen-bond acceptors (Lipinski definition) is 6. The summed E-state index contributed by atoms with van der Waals surface area (Å²) in [6.07, 6.45) is -0.443. The van der Waals surface area contributed by atoms with Crippen molar-refractivity contribution >= 4 is 17.4 Å². The van der Waals surface area contributed by atoms with Crippen LogP contribution in [0.25, 0.3) is 10.4 Å². The number of aromatic nitrogens is 1. The lowest BCUT2D eigenvalue weighted by molar-refractivity contribution is 0.0523. The largest absolute Gasteiger partial charge is 0.492 e. The summed E-state index contributed by atoms with van der Waals surface area (Å²) in [6, 6.07) is 6.00. The Kier molecular flexibility index (Phi) is 6.99.